The molecule has 3 aromatic carbocycles. The van der Waals surface area contributed by atoms with Gasteiger partial charge in [-0.1, -0.05) is 78.7 Å². The Morgan fingerprint density at radius 1 is 0.299 bits per heavy atom. The van der Waals surface area contributed by atoms with Gasteiger partial charge < -0.3 is 43.8 Å². The van der Waals surface area contributed by atoms with Crippen molar-refractivity contribution in [2.24, 2.45) is 10.8 Å². The number of carbonyl (C=O) groups is 7. The van der Waals surface area contributed by atoms with E-state index in [1.165, 1.54) is 24.1 Å². The summed E-state index contributed by atoms with van der Waals surface area (Å²) >= 11 is 6.09. The van der Waals surface area contributed by atoms with Gasteiger partial charge in [0.05, 0.1) is 62.5 Å². The molecule has 137 heavy (non-hydrogen) atoms. The van der Waals surface area contributed by atoms with Crippen LogP contribution in [0.2, 0.25) is 5.02 Å². The smallest absolute Gasteiger partial charge is 0.234 e. The highest BCUT2D eigenvalue weighted by Crippen LogP contribution is 2.55. The Morgan fingerprint density at radius 2 is 0.577 bits per heavy atom. The van der Waals surface area contributed by atoms with Crippen LogP contribution >= 0.6 is 11.6 Å². The van der Waals surface area contributed by atoms with Gasteiger partial charge in [-0.3, -0.25) is 82.8 Å². The van der Waals surface area contributed by atoms with Gasteiger partial charge in [0.25, 0.3) is 0 Å². The summed E-state index contributed by atoms with van der Waals surface area (Å²) in [5.74, 6) is 1.79. The van der Waals surface area contributed by atoms with Gasteiger partial charge in [0.2, 0.25) is 41.4 Å². The zero-order valence-corrected chi connectivity index (χ0v) is 86.7. The van der Waals surface area contributed by atoms with Crippen molar-refractivity contribution in [1.82, 2.24) is 83.6 Å². The fourth-order valence-electron chi connectivity index (χ4n) is 21.6. The number of hydrogen-bond acceptors (Lipinski definition) is 19. The maximum Gasteiger partial charge on any atom is 0.234 e. The molecule has 7 saturated carbocycles. The maximum atomic E-state index is 13.4. The number of halogens is 2. The van der Waals surface area contributed by atoms with Crippen LogP contribution < -0.4 is 0 Å². The predicted molar refractivity (Wildman–Crippen MR) is 540 cm³/mol. The Balaban J connectivity index is 0.000000135. The number of benzene rings is 3. The first-order valence-corrected chi connectivity index (χ1v) is 52.5. The number of amides is 7. The van der Waals surface area contributed by atoms with Crippen LogP contribution in [-0.2, 0) is 70.1 Å². The lowest BCUT2D eigenvalue weighted by Gasteiger charge is -2.45. The minimum Gasteiger partial charge on any atom is -0.384 e. The van der Waals surface area contributed by atoms with Crippen molar-refractivity contribution >= 4 is 53.0 Å². The van der Waals surface area contributed by atoms with Gasteiger partial charge in [0.1, 0.15) is 5.82 Å². The van der Waals surface area contributed by atoms with E-state index in [-0.39, 0.29) is 50.1 Å². The SMILES string of the molecule is CC(C)N1CCN(C(=O)C2(c3cccc(Cl)c3)CC2)CC1.CC(C)N1CCN(C(=O)C2(c3cccc(F)c3)CC2)CC1.CC(C)N1CCN(C(=O)C2(c3ccccc3)CC2)CC1.CC(C)N1CCN(C(=O)C2(c3ccccn3)CC2)CC1.CC(C)N1CCN(C(=O)C2(c3cnccn3)CC2)CC1.COCC1(C(=O)N2CCN(C(C)C)CC2)CC1.COCC1(C(=O)N2CCN(C(C)C)CC2)CCC1. The summed E-state index contributed by atoms with van der Waals surface area (Å²) in [5, 5.41) is 0.719. The maximum absolute atomic E-state index is 13.4. The highest BCUT2D eigenvalue weighted by atomic mass is 35.5. The minimum absolute atomic E-state index is 0.158. The van der Waals surface area contributed by atoms with Crippen molar-refractivity contribution in [2.45, 2.75) is 263 Å². The topological polar surface area (TPSA) is 222 Å². The molecule has 19 rings (SSSR count). The standard InChI is InChI=1S/C17H23ClN2O.C17H23FN2O.C17H24N2O.C16H23N3O.C15H22N4O.C14H26N2O2.C13H24N2O2/c2*1-13(2)19-8-10-20(11-9-19)16(21)17(6-7-17)14-4-3-5-15(18)12-14;1-14(2)18-10-12-19(13-11-18)16(20)17(8-9-17)15-6-4-3-5-7-15;1-13(2)18-9-11-19(12-10-18)15(20)16(6-7-16)14-5-3-4-8-17-14;1-12(2)18-7-9-19(10-8-18)14(20)15(3-4-15)13-11-16-5-6-17-13;1-12(2)15-7-9-16(10-8-15)13(17)14(11-18-3)5-4-6-14;1-11(2)14-6-8-15(9-7-14)12(16)13(4-5-13)10-17-3/h2*3-5,12-13H,6-11H2,1-2H3;3-7,14H,8-13H2,1-2H3;3-5,8,13H,6-7,9-12H2,1-2H3;5-6,11-12H,3-4,7-10H2,1-2H3;12H,4-11H2,1-3H3;11H,4-10H2,1-3H3. The Labute approximate surface area is 824 Å². The zero-order chi connectivity index (χ0) is 98.2. The molecule has 0 N–H and O–H groups in total. The lowest BCUT2D eigenvalue weighted by atomic mass is 9.68. The summed E-state index contributed by atoms with van der Waals surface area (Å²) in [7, 11) is 3.38. The highest BCUT2D eigenvalue weighted by molar-refractivity contribution is 6.30. The number of nitrogens with zero attached hydrogens (tertiary/aromatic N) is 17. The summed E-state index contributed by atoms with van der Waals surface area (Å²) in [4.78, 5) is 133. The fraction of sp³-hybridized carbons (Fsp3) is 0.688. The number of aromatic nitrogens is 3. The molecule has 0 bridgehead atoms. The third-order valence-corrected chi connectivity index (χ3v) is 32.6. The van der Waals surface area contributed by atoms with E-state index in [4.69, 9.17) is 21.1 Å². The monoisotopic (exact) mass is 1910 g/mol. The van der Waals surface area contributed by atoms with Crippen molar-refractivity contribution < 1.29 is 47.4 Å². The van der Waals surface area contributed by atoms with Crippen LogP contribution in [0.4, 0.5) is 4.39 Å². The van der Waals surface area contributed by atoms with Crippen LogP contribution in [0.5, 0.6) is 0 Å². The fourth-order valence-corrected chi connectivity index (χ4v) is 21.8. The molecule has 7 aliphatic carbocycles. The average Bonchev–Trinajstić information content (AvgIpc) is 1.63. The first kappa shape index (κ1) is 106. The van der Waals surface area contributed by atoms with Gasteiger partial charge in [-0.2, -0.15) is 0 Å². The number of hydrogen-bond donors (Lipinski definition) is 0. The van der Waals surface area contributed by atoms with Crippen molar-refractivity contribution in [3.05, 3.63) is 161 Å². The molecule has 2 aromatic heterocycles. The predicted octanol–water partition coefficient (Wildman–Crippen LogP) is 12.7. The molecule has 28 heteroatoms. The van der Waals surface area contributed by atoms with E-state index in [9.17, 15) is 38.0 Å². The molecule has 7 aliphatic heterocycles. The second-order valence-electron chi connectivity index (χ2n) is 43.3. The summed E-state index contributed by atoms with van der Waals surface area (Å²) in [6.45, 7) is 57.8. The lowest BCUT2D eigenvalue weighted by molar-refractivity contribution is -0.154. The molecular formula is C109H165ClFN17O9. The largest absolute Gasteiger partial charge is 0.384 e. The van der Waals surface area contributed by atoms with E-state index < -0.39 is 5.41 Å². The van der Waals surface area contributed by atoms with Gasteiger partial charge >= 0.3 is 0 Å². The first-order chi connectivity index (χ1) is 65.6. The minimum atomic E-state index is -0.442. The first-order valence-electron chi connectivity index (χ1n) is 52.1. The Hall–Kier alpha value is -7.96. The van der Waals surface area contributed by atoms with Crippen LogP contribution in [-0.4, -0.2) is 378 Å². The van der Waals surface area contributed by atoms with Crippen molar-refractivity contribution in [3.8, 4) is 0 Å². The third kappa shape index (κ3) is 25.9. The van der Waals surface area contributed by atoms with E-state index in [0.29, 0.717) is 85.0 Å². The quantitative estimate of drug-likeness (QED) is 0.0593. The van der Waals surface area contributed by atoms with E-state index in [2.05, 4.69) is 168 Å². The highest BCUT2D eigenvalue weighted by Gasteiger charge is 2.59. The van der Waals surface area contributed by atoms with E-state index in [1.54, 1.807) is 45.1 Å². The van der Waals surface area contributed by atoms with E-state index >= 15 is 0 Å². The Kier molecular flexibility index (Phi) is 36.7. The molecule has 14 fully saturated rings. The number of ether oxygens (including phenoxy) is 2. The van der Waals surface area contributed by atoms with Crippen molar-refractivity contribution in [2.75, 3.05) is 211 Å². The van der Waals surface area contributed by atoms with Gasteiger partial charge in [-0.05, 0) is 240 Å². The molecule has 7 saturated heterocycles. The van der Waals surface area contributed by atoms with Crippen LogP contribution in [0, 0.1) is 16.6 Å². The van der Waals surface area contributed by atoms with Crippen LogP contribution in [0.25, 0.3) is 0 Å². The van der Waals surface area contributed by atoms with Gasteiger partial charge in [-0.15, -0.1) is 0 Å². The molecule has 0 spiro atoms. The normalized spacial score (nSPS) is 22.4. The van der Waals surface area contributed by atoms with E-state index in [0.717, 1.165) is 301 Å². The zero-order valence-electron chi connectivity index (χ0n) is 85.9. The lowest BCUT2D eigenvalue weighted by Crippen LogP contribution is -2.57. The van der Waals surface area contributed by atoms with Gasteiger partial charge in [-0.25, -0.2) is 4.39 Å². The van der Waals surface area contributed by atoms with Crippen LogP contribution in [0.15, 0.2) is 122 Å². The van der Waals surface area contributed by atoms with Crippen LogP contribution in [0.1, 0.15) is 221 Å². The number of rotatable bonds is 23. The second kappa shape index (κ2) is 47.3. The van der Waals surface area contributed by atoms with Crippen molar-refractivity contribution in [1.29, 1.82) is 0 Å². The number of methoxy groups -OCH3 is 2. The molecule has 0 atom stereocenters. The summed E-state index contributed by atoms with van der Waals surface area (Å²) < 4.78 is 23.9. The molecule has 26 nitrogen and oxygen atoms in total. The molecule has 14 aliphatic rings. The second-order valence-corrected chi connectivity index (χ2v) is 43.8. The summed E-state index contributed by atoms with van der Waals surface area (Å²) in [6.07, 6.45) is 21.4. The van der Waals surface area contributed by atoms with Gasteiger partial charge in [0.15, 0.2) is 0 Å². The molecular weight excluding hydrogens is 1750 g/mol. The molecule has 754 valence electrons. The molecule has 5 aromatic rings. The summed E-state index contributed by atoms with van der Waals surface area (Å²) in [5.41, 5.74) is 3.00. The molecule has 9 heterocycles. The van der Waals surface area contributed by atoms with Crippen LogP contribution in [0.3, 0.4) is 0 Å². The number of pyridine rings is 1. The van der Waals surface area contributed by atoms with Crippen molar-refractivity contribution in [3.63, 3.8) is 0 Å². The molecule has 0 unspecified atom stereocenters. The summed E-state index contributed by atoms with van der Waals surface area (Å²) in [6, 6.07) is 34.5. The van der Waals surface area contributed by atoms with E-state index in [1.807, 2.05) is 91.2 Å². The number of carbonyl (C=O) groups excluding carboxylic acids is 7. The molecule has 0 radical (unpaired) electrons. The molecule has 7 amide bonds. The Bertz CT molecular complexity index is 4380. The average molecular weight is 1910 g/mol. The number of piperazine rings is 7. The van der Waals surface area contributed by atoms with Gasteiger partial charge in [0, 0.05) is 270 Å². The Morgan fingerprint density at radius 3 is 0.839 bits per heavy atom. The third-order valence-electron chi connectivity index (χ3n) is 32.3.